The van der Waals surface area contributed by atoms with Gasteiger partial charge in [0.1, 0.15) is 5.69 Å². The fraction of sp³-hybridized carbons (Fsp3) is 0.368. The van der Waals surface area contributed by atoms with Gasteiger partial charge in [0, 0.05) is 91.5 Å². The molecule has 0 amide bonds. The Labute approximate surface area is 350 Å². The van der Waals surface area contributed by atoms with Gasteiger partial charge in [-0.05, 0) is 34.8 Å². The Hall–Kier alpha value is -5.60. The molecule has 0 radical (unpaired) electrons. The molecule has 2 aliphatic rings. The summed E-state index contributed by atoms with van der Waals surface area (Å²) in [5.74, 6) is 1.38. The molecule has 59 heavy (non-hydrogen) atoms. The van der Waals surface area contributed by atoms with Crippen LogP contribution in [0.4, 0.5) is 11.9 Å². The Balaban J connectivity index is 0.000000165. The van der Waals surface area contributed by atoms with Crippen molar-refractivity contribution >= 4 is 69.0 Å². The average molecular weight is 862 g/mol. The fourth-order valence-corrected chi connectivity index (χ4v) is 8.24. The summed E-state index contributed by atoms with van der Waals surface area (Å²) in [5, 5.41) is 13.6. The normalized spacial score (nSPS) is 14.6. The number of nitrogens with one attached hydrogen (secondary N) is 2. The van der Waals surface area contributed by atoms with Crippen molar-refractivity contribution in [3.05, 3.63) is 111 Å². The maximum absolute atomic E-state index is 13.1. The number of piperazine rings is 2. The van der Waals surface area contributed by atoms with E-state index in [1.165, 1.54) is 34.8 Å². The zero-order valence-electron chi connectivity index (χ0n) is 32.9. The highest BCUT2D eigenvalue weighted by Crippen LogP contribution is 2.27. The lowest BCUT2D eigenvalue weighted by molar-refractivity contribution is 0.571. The van der Waals surface area contributed by atoms with Gasteiger partial charge in [-0.1, -0.05) is 58.0 Å². The maximum Gasteiger partial charge on any atom is 0.332 e. The lowest BCUT2D eigenvalue weighted by Crippen LogP contribution is -2.44. The van der Waals surface area contributed by atoms with Gasteiger partial charge >= 0.3 is 11.4 Å². The van der Waals surface area contributed by atoms with Crippen molar-refractivity contribution in [2.45, 2.75) is 13.1 Å². The van der Waals surface area contributed by atoms with Gasteiger partial charge in [0.05, 0.1) is 23.1 Å². The fourth-order valence-electron chi connectivity index (χ4n) is 7.46. The standard InChI is InChI=1S/C20H22N8O2S.C18H20Cl2N6O2/c1-25-17-16(18(29)26(2)20(25)30)28(19(22-17)27-9-7-21-8-10-27)11-13-3-5-14(6-4-13)15-12-31-24-23-15;1-23-15-14(16(27)24(2)18(23)28)26(10-11-3-4-12(19)13(20)9-11)17(22-15)25-7-5-21-6-8-25/h3-6,12,21H,7-11H2,1-2H3;3-4,9,21H,5-8,10H2,1-2H3. The van der Waals surface area contributed by atoms with Crippen LogP contribution in [0.25, 0.3) is 33.6 Å². The molecular formula is C38H42Cl2N14O4S. The van der Waals surface area contributed by atoms with E-state index in [0.29, 0.717) is 57.4 Å². The van der Waals surface area contributed by atoms with E-state index in [1.54, 1.807) is 26.2 Å². The zero-order valence-corrected chi connectivity index (χ0v) is 35.2. The van der Waals surface area contributed by atoms with Crippen molar-refractivity contribution in [2.24, 2.45) is 28.2 Å². The molecule has 18 nitrogen and oxygen atoms in total. The Kier molecular flexibility index (Phi) is 11.3. The monoisotopic (exact) mass is 860 g/mol. The summed E-state index contributed by atoms with van der Waals surface area (Å²) >= 11 is 13.5. The number of rotatable bonds is 7. The van der Waals surface area contributed by atoms with Crippen LogP contribution in [0.5, 0.6) is 0 Å². The molecule has 7 aromatic rings. The first-order chi connectivity index (χ1) is 28.4. The summed E-state index contributed by atoms with van der Waals surface area (Å²) in [4.78, 5) is 64.5. The van der Waals surface area contributed by atoms with Gasteiger partial charge in [0.2, 0.25) is 11.9 Å². The minimum Gasteiger partial charge on any atom is -0.340 e. The number of fused-ring (bicyclic) bond motifs is 2. The van der Waals surface area contributed by atoms with Gasteiger partial charge in [0.15, 0.2) is 22.3 Å². The van der Waals surface area contributed by atoms with Gasteiger partial charge in [-0.2, -0.15) is 9.97 Å². The highest BCUT2D eigenvalue weighted by atomic mass is 35.5. The summed E-state index contributed by atoms with van der Waals surface area (Å²) in [7, 11) is 6.26. The van der Waals surface area contributed by atoms with Crippen LogP contribution in [0.15, 0.2) is 67.0 Å². The summed E-state index contributed by atoms with van der Waals surface area (Å²) in [6.07, 6.45) is 0. The molecule has 2 N–H and O–H groups in total. The third kappa shape index (κ3) is 7.59. The SMILES string of the molecule is Cn1c(=O)c2c(nc(N3CCNCC3)n2Cc2ccc(-c3csnn3)cc2)n(C)c1=O.Cn1c(=O)c2c(nc(N3CCNCC3)n2Cc2ccc(Cl)c(Cl)c2)n(C)c1=O. The van der Waals surface area contributed by atoms with E-state index in [9.17, 15) is 19.2 Å². The minimum absolute atomic E-state index is 0.336. The number of hydrogen-bond donors (Lipinski definition) is 2. The zero-order chi connectivity index (χ0) is 41.5. The Morgan fingerprint density at radius 2 is 1.10 bits per heavy atom. The third-order valence-corrected chi connectivity index (χ3v) is 12.0. The number of imidazole rings is 2. The molecule has 308 valence electrons. The van der Waals surface area contributed by atoms with E-state index in [1.807, 2.05) is 44.8 Å². The second kappa shape index (κ2) is 16.6. The van der Waals surface area contributed by atoms with Gasteiger partial charge in [0.25, 0.3) is 11.1 Å². The highest BCUT2D eigenvalue weighted by Gasteiger charge is 2.26. The van der Waals surface area contributed by atoms with E-state index in [0.717, 1.165) is 83.9 Å². The number of hydrogen-bond acceptors (Lipinski definition) is 13. The second-order valence-corrected chi connectivity index (χ2v) is 15.9. The van der Waals surface area contributed by atoms with Crippen molar-refractivity contribution in [1.29, 1.82) is 0 Å². The molecule has 2 saturated heterocycles. The lowest BCUT2D eigenvalue weighted by Gasteiger charge is -2.28. The predicted molar refractivity (Wildman–Crippen MR) is 231 cm³/mol. The summed E-state index contributed by atoms with van der Waals surface area (Å²) in [6.45, 7) is 7.30. The van der Waals surface area contributed by atoms with E-state index >= 15 is 0 Å². The molecule has 0 aliphatic carbocycles. The number of halogens is 2. The first kappa shape index (κ1) is 40.2. The van der Waals surface area contributed by atoms with E-state index in [2.05, 4.69) is 35.0 Å². The van der Waals surface area contributed by atoms with Gasteiger partial charge < -0.3 is 20.4 Å². The van der Waals surface area contributed by atoms with E-state index in [4.69, 9.17) is 28.2 Å². The molecule has 0 spiro atoms. The topological polar surface area (TPSA) is 180 Å². The molecule has 0 saturated carbocycles. The average Bonchev–Trinajstić information content (AvgIpc) is 4.02. The van der Waals surface area contributed by atoms with Crippen LogP contribution in [0.1, 0.15) is 11.1 Å². The predicted octanol–water partition coefficient (Wildman–Crippen LogP) is 1.61. The summed E-state index contributed by atoms with van der Waals surface area (Å²) < 4.78 is 12.8. The van der Waals surface area contributed by atoms with Crippen molar-refractivity contribution < 1.29 is 0 Å². The van der Waals surface area contributed by atoms with Crippen LogP contribution in [0, 0.1) is 0 Å². The van der Waals surface area contributed by atoms with E-state index in [-0.39, 0.29) is 16.8 Å². The summed E-state index contributed by atoms with van der Waals surface area (Å²) in [5.41, 5.74) is 3.88. The largest absolute Gasteiger partial charge is 0.340 e. The van der Waals surface area contributed by atoms with Gasteiger partial charge in [-0.3, -0.25) is 37.0 Å². The molecule has 2 aliphatic heterocycles. The van der Waals surface area contributed by atoms with Crippen LogP contribution < -0.4 is 42.9 Å². The molecule has 7 heterocycles. The number of aryl methyl sites for hydroxylation is 2. The first-order valence-electron chi connectivity index (χ1n) is 19.0. The Morgan fingerprint density at radius 3 is 1.56 bits per heavy atom. The number of benzene rings is 2. The van der Waals surface area contributed by atoms with E-state index < -0.39 is 5.69 Å². The van der Waals surface area contributed by atoms with Gasteiger partial charge in [-0.25, -0.2) is 9.59 Å². The first-order valence-corrected chi connectivity index (χ1v) is 20.6. The van der Waals surface area contributed by atoms with Crippen LogP contribution in [0.3, 0.4) is 0 Å². The molecule has 2 fully saturated rings. The lowest BCUT2D eigenvalue weighted by atomic mass is 10.1. The van der Waals surface area contributed by atoms with Crippen LogP contribution in [-0.2, 0) is 41.3 Å². The maximum atomic E-state index is 13.1. The van der Waals surface area contributed by atoms with Crippen LogP contribution in [-0.4, -0.2) is 99.3 Å². The molecule has 21 heteroatoms. The van der Waals surface area contributed by atoms with Crippen molar-refractivity contribution in [3.8, 4) is 11.3 Å². The second-order valence-electron chi connectivity index (χ2n) is 14.5. The van der Waals surface area contributed by atoms with Gasteiger partial charge in [-0.15, -0.1) is 5.10 Å². The number of nitrogens with zero attached hydrogens (tertiary/aromatic N) is 12. The summed E-state index contributed by atoms with van der Waals surface area (Å²) in [6, 6.07) is 13.4. The Morgan fingerprint density at radius 1 is 0.627 bits per heavy atom. The van der Waals surface area contributed by atoms with Crippen LogP contribution >= 0.6 is 34.7 Å². The molecule has 0 bridgehead atoms. The van der Waals surface area contributed by atoms with Crippen molar-refractivity contribution in [2.75, 3.05) is 62.2 Å². The molecule has 2 aromatic carbocycles. The molecule has 0 unspecified atom stereocenters. The smallest absolute Gasteiger partial charge is 0.332 e. The number of anilines is 2. The molecule has 5 aromatic heterocycles. The number of aromatic nitrogens is 10. The van der Waals surface area contributed by atoms with Crippen LogP contribution in [0.2, 0.25) is 10.0 Å². The third-order valence-electron chi connectivity index (χ3n) is 10.7. The Bertz CT molecular complexity index is 2920. The quantitative estimate of drug-likeness (QED) is 0.237. The van der Waals surface area contributed by atoms with Crippen molar-refractivity contribution in [1.82, 2.24) is 57.6 Å². The van der Waals surface area contributed by atoms with Crippen molar-refractivity contribution in [3.63, 3.8) is 0 Å². The molecular weight excluding hydrogens is 819 g/mol. The highest BCUT2D eigenvalue weighted by molar-refractivity contribution is 7.03. The molecule has 0 atom stereocenters. The molecule has 9 rings (SSSR count). The minimum atomic E-state index is -0.399.